The second-order valence-electron chi connectivity index (χ2n) is 9.38. The van der Waals surface area contributed by atoms with E-state index in [0.717, 1.165) is 0 Å². The molecule has 2 radical (unpaired) electrons. The van der Waals surface area contributed by atoms with Gasteiger partial charge in [-0.2, -0.15) is 55.6 Å². The summed E-state index contributed by atoms with van der Waals surface area (Å²) in [7, 11) is 0. The first-order chi connectivity index (χ1) is 13.7. The van der Waals surface area contributed by atoms with Crippen molar-refractivity contribution < 1.29 is 33.6 Å². The average Bonchev–Trinajstić information content (AvgIpc) is 3.09. The van der Waals surface area contributed by atoms with Crippen LogP contribution in [0.1, 0.15) is 83.5 Å². The van der Waals surface area contributed by atoms with Gasteiger partial charge in [-0.25, -0.2) is 34.6 Å². The first-order valence-corrected chi connectivity index (χ1v) is 11.2. The van der Waals surface area contributed by atoms with Crippen LogP contribution in [0.25, 0.3) is 0 Å². The van der Waals surface area contributed by atoms with Gasteiger partial charge in [-0.15, -0.1) is 0 Å². The Morgan fingerprint density at radius 1 is 0.312 bits per heavy atom. The molecule has 0 aliphatic carbocycles. The molecule has 3 aromatic rings. The van der Waals surface area contributed by atoms with Crippen LogP contribution in [-0.4, -0.2) is 0 Å². The fourth-order valence-electron chi connectivity index (χ4n) is 4.22. The van der Waals surface area contributed by atoms with Crippen molar-refractivity contribution >= 4 is 0 Å². The predicted molar refractivity (Wildman–Crippen MR) is 137 cm³/mol. The average molecular weight is 524 g/mol. The Morgan fingerprint density at radius 3 is 0.500 bits per heavy atom. The van der Waals surface area contributed by atoms with E-state index in [1.165, 1.54) is 83.5 Å². The van der Waals surface area contributed by atoms with E-state index in [-0.39, 0.29) is 33.6 Å². The second-order valence-corrected chi connectivity index (χ2v) is 9.38. The van der Waals surface area contributed by atoms with E-state index in [1.807, 2.05) is 0 Å². The maximum Gasteiger partial charge on any atom is 0 e. The minimum absolute atomic E-state index is 0. The van der Waals surface area contributed by atoms with Crippen molar-refractivity contribution in [1.29, 1.82) is 0 Å². The van der Waals surface area contributed by atoms with Gasteiger partial charge >= 0.3 is 0 Å². The predicted octanol–water partition coefficient (Wildman–Crippen LogP) is 8.84. The van der Waals surface area contributed by atoms with Gasteiger partial charge in [0.2, 0.25) is 0 Å². The van der Waals surface area contributed by atoms with Crippen molar-refractivity contribution in [2.24, 2.45) is 0 Å². The van der Waals surface area contributed by atoms with Crippen molar-refractivity contribution in [2.75, 3.05) is 0 Å². The maximum absolute atomic E-state index is 2.20. The molecule has 0 aromatic heterocycles. The smallest absolute Gasteiger partial charge is 0 e. The fourth-order valence-corrected chi connectivity index (χ4v) is 4.22. The second kappa shape index (κ2) is 13.1. The summed E-state index contributed by atoms with van der Waals surface area (Å²) in [5, 5.41) is 0. The van der Waals surface area contributed by atoms with Gasteiger partial charge in [0.25, 0.3) is 0 Å². The van der Waals surface area contributed by atoms with Gasteiger partial charge in [-0.05, 0) is 0 Å². The molecule has 0 saturated carbocycles. The molecule has 0 aliphatic heterocycles. The summed E-state index contributed by atoms with van der Waals surface area (Å²) in [5.74, 6) is 0. The minimum atomic E-state index is 0. The first-order valence-electron chi connectivity index (χ1n) is 11.2. The van der Waals surface area contributed by atoms with E-state index in [0.29, 0.717) is 0 Å². The van der Waals surface area contributed by atoms with Gasteiger partial charge in [0.15, 0.2) is 0 Å². The monoisotopic (exact) mass is 523 g/mol. The Kier molecular flexibility index (Phi) is 13.6. The minimum Gasteiger partial charge on any atom is -0.731 e. The number of hydrogen-bond donors (Lipinski definition) is 0. The van der Waals surface area contributed by atoms with Crippen molar-refractivity contribution in [1.82, 2.24) is 0 Å². The van der Waals surface area contributed by atoms with E-state index in [2.05, 4.69) is 104 Å². The zero-order valence-electron chi connectivity index (χ0n) is 23.2. The first kappa shape index (κ1) is 33.2. The molecule has 0 aliphatic rings. The topological polar surface area (TPSA) is 0 Å². The van der Waals surface area contributed by atoms with Gasteiger partial charge in [-0.1, -0.05) is 69.2 Å². The van der Waals surface area contributed by atoms with Crippen LogP contribution in [0.5, 0.6) is 0 Å². The van der Waals surface area contributed by atoms with Crippen molar-refractivity contribution in [3.05, 3.63) is 83.5 Å². The molecule has 0 saturated heterocycles. The van der Waals surface area contributed by atoms with Crippen LogP contribution in [0.15, 0.2) is 0 Å². The molecule has 190 valence electrons. The van der Waals surface area contributed by atoms with E-state index >= 15 is 0 Å². The summed E-state index contributed by atoms with van der Waals surface area (Å²) in [4.78, 5) is 0. The van der Waals surface area contributed by atoms with Gasteiger partial charge in [-0.3, -0.25) is 0 Å². The number of rotatable bonds is 0. The molecule has 3 aromatic carbocycles. The molecule has 0 fully saturated rings. The molecule has 2 heteroatoms. The molecule has 0 bridgehead atoms. The van der Waals surface area contributed by atoms with Crippen LogP contribution < -0.4 is 0 Å². The van der Waals surface area contributed by atoms with Crippen molar-refractivity contribution in [3.63, 3.8) is 0 Å². The maximum atomic E-state index is 2.20. The molecule has 0 unspecified atom stereocenters. The van der Waals surface area contributed by atoms with Gasteiger partial charge in [0, 0.05) is 33.6 Å². The molecule has 0 atom stereocenters. The normalized spacial score (nSPS) is 9.84. The molecular weight excluding hydrogens is 478 g/mol. The Balaban J connectivity index is 0. The molecule has 0 heterocycles. The Hall–Kier alpha value is -0.937. The molecule has 0 nitrogen and oxygen atoms in total. The molecule has 3 rings (SSSR count). The molecule has 0 amide bonds. The standard InChI is InChI=1S/3C10H15.2Co/c3*1-6-7(2)9(4)10(5)8(6)3;;/h3*1-5H3;;/q-5;2*-1;;. The summed E-state index contributed by atoms with van der Waals surface area (Å²) in [6.45, 7) is 33.0. The molecular formula is C30H45Co2-7. The Morgan fingerprint density at radius 2 is 0.438 bits per heavy atom. The zero-order valence-corrected chi connectivity index (χ0v) is 25.2. The van der Waals surface area contributed by atoms with Crippen molar-refractivity contribution in [2.45, 2.75) is 104 Å². The van der Waals surface area contributed by atoms with E-state index in [1.54, 1.807) is 0 Å². The largest absolute Gasteiger partial charge is 0.731 e. The Bertz CT molecular complexity index is 658. The molecule has 0 N–H and O–H groups in total. The van der Waals surface area contributed by atoms with E-state index in [4.69, 9.17) is 0 Å². The summed E-state index contributed by atoms with van der Waals surface area (Å²) in [5.41, 5.74) is 22.0. The van der Waals surface area contributed by atoms with Crippen LogP contribution in [0.2, 0.25) is 0 Å². The third-order valence-corrected chi connectivity index (χ3v) is 8.44. The molecule has 32 heavy (non-hydrogen) atoms. The number of hydrogen-bond acceptors (Lipinski definition) is 0. The summed E-state index contributed by atoms with van der Waals surface area (Å²) in [6, 6.07) is 0. The van der Waals surface area contributed by atoms with E-state index in [9.17, 15) is 0 Å². The van der Waals surface area contributed by atoms with Crippen molar-refractivity contribution in [3.8, 4) is 0 Å². The summed E-state index contributed by atoms with van der Waals surface area (Å²) < 4.78 is 0. The summed E-state index contributed by atoms with van der Waals surface area (Å²) >= 11 is 0. The third-order valence-electron chi connectivity index (χ3n) is 8.44. The Labute approximate surface area is 220 Å². The van der Waals surface area contributed by atoms with Gasteiger partial charge < -0.3 is 27.8 Å². The van der Waals surface area contributed by atoms with Crippen LogP contribution in [0, 0.1) is 104 Å². The van der Waals surface area contributed by atoms with Crippen LogP contribution in [-0.2, 0) is 33.6 Å². The van der Waals surface area contributed by atoms with Crippen LogP contribution in [0.4, 0.5) is 0 Å². The third kappa shape index (κ3) is 6.56. The summed E-state index contributed by atoms with van der Waals surface area (Å²) in [6.07, 6.45) is 0. The van der Waals surface area contributed by atoms with Crippen LogP contribution in [0.3, 0.4) is 0 Å². The quantitative estimate of drug-likeness (QED) is 0.258. The SMILES string of the molecule is C[c-]1[c-](C)[c-](C)[c-](C)[c-]1C.Cc1c(C)c(C)[c-](C)c1C.Cc1c(C)c(C)[c-](C)c1C.[Co].[Co]. The zero-order chi connectivity index (χ0) is 23.7. The van der Waals surface area contributed by atoms with Gasteiger partial charge in [0.1, 0.15) is 0 Å². The van der Waals surface area contributed by atoms with E-state index < -0.39 is 0 Å². The molecule has 0 spiro atoms. The fraction of sp³-hybridized carbons (Fsp3) is 0.500. The van der Waals surface area contributed by atoms with Crippen LogP contribution >= 0.6 is 0 Å². The van der Waals surface area contributed by atoms with Gasteiger partial charge in [0.05, 0.1) is 0 Å².